The summed E-state index contributed by atoms with van der Waals surface area (Å²) >= 11 is 0. The van der Waals surface area contributed by atoms with E-state index in [0.29, 0.717) is 18.8 Å². The average molecular weight is 360 g/mol. The van der Waals surface area contributed by atoms with Crippen LogP contribution < -0.4 is 5.73 Å². The zero-order chi connectivity index (χ0) is 19.2. The van der Waals surface area contributed by atoms with Gasteiger partial charge in [0.15, 0.2) is 0 Å². The number of benzene rings is 3. The number of nitrogens with one attached hydrogen (secondary N) is 1. The quantitative estimate of drug-likeness (QED) is 0.437. The summed E-state index contributed by atoms with van der Waals surface area (Å²) in [5, 5.41) is 17.0. The van der Waals surface area contributed by atoms with E-state index in [2.05, 4.69) is 0 Å². The lowest BCUT2D eigenvalue weighted by Crippen LogP contribution is -2.10. The molecule has 0 bridgehead atoms. The molecular weight excluding hydrogens is 340 g/mol. The minimum Gasteiger partial charge on any atom is -0.478 e. The van der Waals surface area contributed by atoms with Crippen LogP contribution in [0, 0.1) is 5.41 Å². The van der Waals surface area contributed by atoms with Gasteiger partial charge >= 0.3 is 5.97 Å². The zero-order valence-electron chi connectivity index (χ0n) is 14.7. The molecule has 0 aliphatic carbocycles. The van der Waals surface area contributed by atoms with E-state index in [1.165, 1.54) is 0 Å². The van der Waals surface area contributed by atoms with Crippen molar-refractivity contribution in [3.63, 3.8) is 0 Å². The fourth-order valence-corrected chi connectivity index (χ4v) is 2.79. The van der Waals surface area contributed by atoms with E-state index in [9.17, 15) is 9.90 Å². The van der Waals surface area contributed by atoms with Crippen molar-refractivity contribution in [2.75, 3.05) is 0 Å². The number of hydrogen-bond acceptors (Lipinski definition) is 3. The van der Waals surface area contributed by atoms with Gasteiger partial charge in [-0.15, -0.1) is 0 Å². The monoisotopic (exact) mass is 360 g/mol. The Morgan fingerprint density at radius 2 is 1.56 bits per heavy atom. The third kappa shape index (κ3) is 4.80. The van der Waals surface area contributed by atoms with E-state index < -0.39 is 5.97 Å². The van der Waals surface area contributed by atoms with Gasteiger partial charge in [0.25, 0.3) is 0 Å². The standard InChI is InChI=1S/C22H20N2O3/c23-21(24)18-8-4-7-17(11-18)19-9-16(10-20(12-19)22(25)26)14-27-13-15-5-2-1-3-6-15/h1-12H,13-14H2,(H3,23,24)(H,25,26). The minimum absolute atomic E-state index is 0.0299. The smallest absolute Gasteiger partial charge is 0.335 e. The van der Waals surface area contributed by atoms with Gasteiger partial charge in [-0.25, -0.2) is 4.79 Å². The Balaban J connectivity index is 1.85. The Labute approximate surface area is 157 Å². The molecule has 0 spiro atoms. The second-order valence-electron chi connectivity index (χ2n) is 6.20. The van der Waals surface area contributed by atoms with Gasteiger partial charge in [0.1, 0.15) is 5.84 Å². The molecule has 0 saturated heterocycles. The van der Waals surface area contributed by atoms with E-state index in [1.807, 2.05) is 42.5 Å². The summed E-state index contributed by atoms with van der Waals surface area (Å²) in [5.74, 6) is -1.03. The van der Waals surface area contributed by atoms with E-state index in [0.717, 1.165) is 22.3 Å². The van der Waals surface area contributed by atoms with Gasteiger partial charge in [0.05, 0.1) is 18.8 Å². The second-order valence-corrected chi connectivity index (χ2v) is 6.20. The number of carbonyl (C=O) groups is 1. The van der Waals surface area contributed by atoms with E-state index in [-0.39, 0.29) is 11.4 Å². The molecule has 0 atom stereocenters. The Bertz CT molecular complexity index is 968. The third-order valence-corrected chi connectivity index (χ3v) is 4.13. The molecule has 0 unspecified atom stereocenters. The molecule has 0 aliphatic rings. The molecule has 0 aliphatic heterocycles. The van der Waals surface area contributed by atoms with Crippen LogP contribution in [0.2, 0.25) is 0 Å². The lowest BCUT2D eigenvalue weighted by atomic mass is 9.98. The molecule has 3 aromatic carbocycles. The van der Waals surface area contributed by atoms with Crippen LogP contribution in [0.5, 0.6) is 0 Å². The normalized spacial score (nSPS) is 10.5. The summed E-state index contributed by atoms with van der Waals surface area (Å²) in [6.07, 6.45) is 0. The van der Waals surface area contributed by atoms with Crippen LogP contribution in [0.25, 0.3) is 11.1 Å². The second kappa shape index (κ2) is 8.29. The average Bonchev–Trinajstić information content (AvgIpc) is 2.68. The summed E-state index contributed by atoms with van der Waals surface area (Å²) in [5.41, 5.74) is 9.72. The highest BCUT2D eigenvalue weighted by Gasteiger charge is 2.10. The summed E-state index contributed by atoms with van der Waals surface area (Å²) in [6.45, 7) is 0.753. The molecule has 5 nitrogen and oxygen atoms in total. The zero-order valence-corrected chi connectivity index (χ0v) is 14.7. The number of nitrogen functional groups attached to an aromatic ring is 1. The van der Waals surface area contributed by atoms with Gasteiger partial charge in [0.2, 0.25) is 0 Å². The van der Waals surface area contributed by atoms with E-state index in [4.69, 9.17) is 15.9 Å². The number of ether oxygens (including phenoxy) is 1. The van der Waals surface area contributed by atoms with Crippen molar-refractivity contribution in [3.05, 3.63) is 95.1 Å². The third-order valence-electron chi connectivity index (χ3n) is 4.13. The van der Waals surface area contributed by atoms with Gasteiger partial charge < -0.3 is 15.6 Å². The van der Waals surface area contributed by atoms with Crippen LogP contribution in [0.3, 0.4) is 0 Å². The molecule has 0 saturated carbocycles. The number of carboxylic acid groups (broad SMARTS) is 1. The molecule has 0 aromatic heterocycles. The van der Waals surface area contributed by atoms with Crippen LogP contribution in [0.1, 0.15) is 27.0 Å². The number of hydrogen-bond donors (Lipinski definition) is 3. The van der Waals surface area contributed by atoms with Gasteiger partial charge in [-0.3, -0.25) is 5.41 Å². The largest absolute Gasteiger partial charge is 0.478 e. The van der Waals surface area contributed by atoms with Gasteiger partial charge in [-0.05, 0) is 46.5 Å². The van der Waals surface area contributed by atoms with Crippen molar-refractivity contribution < 1.29 is 14.6 Å². The fourth-order valence-electron chi connectivity index (χ4n) is 2.79. The van der Waals surface area contributed by atoms with E-state index >= 15 is 0 Å². The van der Waals surface area contributed by atoms with Gasteiger partial charge in [-0.1, -0.05) is 48.5 Å². The number of rotatable bonds is 7. The topological polar surface area (TPSA) is 96.4 Å². The molecule has 27 heavy (non-hydrogen) atoms. The Morgan fingerprint density at radius 3 is 2.26 bits per heavy atom. The Morgan fingerprint density at radius 1 is 0.852 bits per heavy atom. The summed E-state index contributed by atoms with van der Waals surface area (Å²) in [7, 11) is 0. The first kappa shape index (κ1) is 18.4. The van der Waals surface area contributed by atoms with Crippen molar-refractivity contribution in [2.24, 2.45) is 5.73 Å². The van der Waals surface area contributed by atoms with E-state index in [1.54, 1.807) is 30.3 Å². The predicted molar refractivity (Wildman–Crippen MR) is 105 cm³/mol. The molecule has 3 aromatic rings. The molecule has 4 N–H and O–H groups in total. The molecule has 136 valence electrons. The molecule has 3 rings (SSSR count). The first-order valence-corrected chi connectivity index (χ1v) is 8.46. The van der Waals surface area contributed by atoms with Crippen molar-refractivity contribution in [1.82, 2.24) is 0 Å². The Kier molecular flexibility index (Phi) is 5.64. The van der Waals surface area contributed by atoms with Crippen LogP contribution in [0.4, 0.5) is 0 Å². The van der Waals surface area contributed by atoms with Crippen LogP contribution >= 0.6 is 0 Å². The first-order chi connectivity index (χ1) is 13.0. The van der Waals surface area contributed by atoms with Crippen molar-refractivity contribution in [2.45, 2.75) is 13.2 Å². The predicted octanol–water partition coefficient (Wildman–Crippen LogP) is 4.05. The molecule has 0 amide bonds. The lowest BCUT2D eigenvalue weighted by molar-refractivity contribution is 0.0696. The molecule has 0 fully saturated rings. The highest BCUT2D eigenvalue weighted by molar-refractivity contribution is 5.96. The summed E-state index contributed by atoms with van der Waals surface area (Å²) < 4.78 is 5.75. The minimum atomic E-state index is -0.996. The lowest BCUT2D eigenvalue weighted by Gasteiger charge is -2.10. The highest BCUT2D eigenvalue weighted by atomic mass is 16.5. The first-order valence-electron chi connectivity index (χ1n) is 8.46. The molecule has 0 heterocycles. The maximum atomic E-state index is 11.5. The Hall–Kier alpha value is -3.44. The van der Waals surface area contributed by atoms with Crippen LogP contribution in [0.15, 0.2) is 72.8 Å². The number of aromatic carboxylic acids is 1. The van der Waals surface area contributed by atoms with Crippen LogP contribution in [-0.4, -0.2) is 16.9 Å². The summed E-state index contributed by atoms with van der Waals surface area (Å²) in [4.78, 5) is 11.5. The summed E-state index contributed by atoms with van der Waals surface area (Å²) in [6, 6.07) is 22.1. The molecule has 0 radical (unpaired) electrons. The molecular formula is C22H20N2O3. The fraction of sp³-hybridized carbons (Fsp3) is 0.0909. The highest BCUT2D eigenvalue weighted by Crippen LogP contribution is 2.24. The maximum absolute atomic E-state index is 11.5. The van der Waals surface area contributed by atoms with Crippen molar-refractivity contribution >= 4 is 11.8 Å². The number of nitrogens with two attached hydrogens (primary N) is 1. The van der Waals surface area contributed by atoms with Crippen LogP contribution in [-0.2, 0) is 18.0 Å². The van der Waals surface area contributed by atoms with Crippen molar-refractivity contribution in [1.29, 1.82) is 5.41 Å². The van der Waals surface area contributed by atoms with Crippen molar-refractivity contribution in [3.8, 4) is 11.1 Å². The van der Waals surface area contributed by atoms with Gasteiger partial charge in [0, 0.05) is 5.56 Å². The van der Waals surface area contributed by atoms with Gasteiger partial charge in [-0.2, -0.15) is 0 Å². The SMILES string of the molecule is N=C(N)c1cccc(-c2cc(COCc3ccccc3)cc(C(=O)O)c2)c1. The maximum Gasteiger partial charge on any atom is 0.335 e. The molecule has 5 heteroatoms. The number of carboxylic acids is 1. The number of amidine groups is 1.